The van der Waals surface area contributed by atoms with Crippen LogP contribution < -0.4 is 5.32 Å². The molecule has 0 aromatic rings. The topological polar surface area (TPSA) is 95.9 Å². The van der Waals surface area contributed by atoms with Crippen LogP contribution in [0.1, 0.15) is 297 Å². The molecule has 6 nitrogen and oxygen atoms in total. The van der Waals surface area contributed by atoms with Crippen LogP contribution in [0.3, 0.4) is 0 Å². The van der Waals surface area contributed by atoms with Crippen LogP contribution in [0.15, 0.2) is 48.6 Å². The van der Waals surface area contributed by atoms with Gasteiger partial charge in [-0.2, -0.15) is 0 Å². The second-order valence-corrected chi connectivity index (χ2v) is 19.7. The molecule has 6 heteroatoms. The maximum atomic E-state index is 13.3. The third kappa shape index (κ3) is 48.3. The molecule has 386 valence electrons. The highest BCUT2D eigenvalue weighted by Gasteiger charge is 2.24. The Morgan fingerprint density at radius 3 is 1.21 bits per heavy atom. The average molecular weight is 927 g/mol. The normalized spacial score (nSPS) is 13.5. The molecule has 0 aromatic heterocycles. The van der Waals surface area contributed by atoms with Gasteiger partial charge < -0.3 is 20.3 Å². The van der Waals surface area contributed by atoms with Crippen molar-refractivity contribution in [2.75, 3.05) is 6.61 Å². The first-order valence-corrected chi connectivity index (χ1v) is 28.9. The number of carbonyl (C=O) groups is 2. The summed E-state index contributed by atoms with van der Waals surface area (Å²) in [5.74, 6) is -0.482. The van der Waals surface area contributed by atoms with E-state index in [2.05, 4.69) is 74.7 Å². The molecule has 3 N–H and O–H groups in total. The van der Waals surface area contributed by atoms with Crippen molar-refractivity contribution in [3.8, 4) is 0 Å². The lowest BCUT2D eigenvalue weighted by Gasteiger charge is -2.24. The molecule has 0 heterocycles. The monoisotopic (exact) mass is 926 g/mol. The summed E-state index contributed by atoms with van der Waals surface area (Å²) >= 11 is 0. The van der Waals surface area contributed by atoms with Crippen LogP contribution in [0.4, 0.5) is 0 Å². The van der Waals surface area contributed by atoms with E-state index in [1.54, 1.807) is 0 Å². The summed E-state index contributed by atoms with van der Waals surface area (Å²) in [5, 5.41) is 23.8. The SMILES string of the molecule is CCCCC/C=C\C/C=C\C/C=C\CCCCCCCCC(=O)OC(CCCCCCCCC/C=C/CCCCCCCC)CC(=O)NC(CO)C(O)CCCCCCCCCCCCC. The van der Waals surface area contributed by atoms with Crippen LogP contribution in [-0.4, -0.2) is 46.9 Å². The predicted octanol–water partition coefficient (Wildman–Crippen LogP) is 17.8. The molecule has 0 rings (SSSR count). The van der Waals surface area contributed by atoms with E-state index in [4.69, 9.17) is 4.74 Å². The van der Waals surface area contributed by atoms with E-state index >= 15 is 0 Å². The summed E-state index contributed by atoms with van der Waals surface area (Å²) in [4.78, 5) is 26.3. The van der Waals surface area contributed by atoms with Gasteiger partial charge in [0.15, 0.2) is 0 Å². The summed E-state index contributed by atoms with van der Waals surface area (Å²) in [6, 6.07) is -0.705. The Kier molecular flexibility index (Phi) is 52.0. The quantitative estimate of drug-likeness (QED) is 0.0321. The Labute approximate surface area is 410 Å². The largest absolute Gasteiger partial charge is 0.462 e. The third-order valence-corrected chi connectivity index (χ3v) is 13.1. The number of allylic oxidation sites excluding steroid dienone is 8. The fourth-order valence-electron chi connectivity index (χ4n) is 8.73. The molecule has 0 aliphatic rings. The fourth-order valence-corrected chi connectivity index (χ4v) is 8.73. The van der Waals surface area contributed by atoms with Crippen molar-refractivity contribution in [1.29, 1.82) is 0 Å². The van der Waals surface area contributed by atoms with Crippen molar-refractivity contribution in [1.82, 2.24) is 5.32 Å². The van der Waals surface area contributed by atoms with Crippen molar-refractivity contribution in [2.45, 2.75) is 315 Å². The Hall–Kier alpha value is -2.18. The number of nitrogens with one attached hydrogen (secondary N) is 1. The number of unbranched alkanes of at least 4 members (excludes halogenated alkanes) is 32. The van der Waals surface area contributed by atoms with E-state index in [1.165, 1.54) is 173 Å². The van der Waals surface area contributed by atoms with Gasteiger partial charge in [-0.25, -0.2) is 0 Å². The van der Waals surface area contributed by atoms with E-state index in [1.807, 2.05) is 0 Å². The van der Waals surface area contributed by atoms with Crippen molar-refractivity contribution < 1.29 is 24.5 Å². The number of aliphatic hydroxyl groups is 2. The minimum atomic E-state index is -0.791. The molecular formula is C60H111NO5. The molecule has 1 amide bonds. The van der Waals surface area contributed by atoms with Gasteiger partial charge in [0, 0.05) is 6.42 Å². The van der Waals surface area contributed by atoms with Crippen LogP contribution in [-0.2, 0) is 14.3 Å². The first kappa shape index (κ1) is 63.8. The molecule has 0 aliphatic carbocycles. The summed E-state index contributed by atoms with van der Waals surface area (Å²) in [6.45, 7) is 6.47. The van der Waals surface area contributed by atoms with Crippen molar-refractivity contribution in [2.24, 2.45) is 0 Å². The number of carbonyl (C=O) groups excluding carboxylic acids is 2. The van der Waals surface area contributed by atoms with Gasteiger partial charge in [-0.05, 0) is 89.9 Å². The van der Waals surface area contributed by atoms with Crippen molar-refractivity contribution in [3.05, 3.63) is 48.6 Å². The van der Waals surface area contributed by atoms with Gasteiger partial charge in [0.2, 0.25) is 5.91 Å². The standard InChI is InChI=1S/C60H111NO5/c1-4-7-10-13-16-19-22-24-26-28-29-31-33-35-38-41-44-47-50-53-60(65)66-56(51-48-45-42-39-37-34-32-30-27-25-23-20-17-14-11-8-5-2)54-59(64)61-57(55-62)58(63)52-49-46-43-40-36-21-18-15-12-9-6-3/h16,19,24-27,29,31,56-58,62-63H,4-15,17-18,20-23,28,30,32-55H2,1-3H3,(H,61,64)/b19-16-,26-24-,27-25+,31-29-. The number of esters is 1. The average Bonchev–Trinajstić information content (AvgIpc) is 3.31. The van der Waals surface area contributed by atoms with Crippen LogP contribution in [0, 0.1) is 0 Å². The highest BCUT2D eigenvalue weighted by atomic mass is 16.5. The summed E-state index contributed by atoms with van der Waals surface area (Å²) in [7, 11) is 0. The third-order valence-electron chi connectivity index (χ3n) is 13.1. The van der Waals surface area contributed by atoms with Gasteiger partial charge in [-0.3, -0.25) is 9.59 Å². The molecule has 0 saturated carbocycles. The fraction of sp³-hybridized carbons (Fsp3) is 0.833. The lowest BCUT2D eigenvalue weighted by molar-refractivity contribution is -0.151. The maximum absolute atomic E-state index is 13.3. The number of rotatable bonds is 52. The van der Waals surface area contributed by atoms with E-state index in [9.17, 15) is 19.8 Å². The number of hydrogen-bond donors (Lipinski definition) is 3. The minimum absolute atomic E-state index is 0.0705. The first-order chi connectivity index (χ1) is 32.5. The first-order valence-electron chi connectivity index (χ1n) is 28.9. The molecule has 3 unspecified atom stereocenters. The predicted molar refractivity (Wildman–Crippen MR) is 287 cm³/mol. The van der Waals surface area contributed by atoms with Gasteiger partial charge in [-0.1, -0.05) is 243 Å². The molecule has 0 aliphatic heterocycles. The molecule has 0 spiro atoms. The Balaban J connectivity index is 4.57. The van der Waals surface area contributed by atoms with Gasteiger partial charge in [0.1, 0.15) is 6.10 Å². The number of amides is 1. The second kappa shape index (κ2) is 53.8. The zero-order valence-corrected chi connectivity index (χ0v) is 44.1. The molecule has 0 aromatic carbocycles. The number of ether oxygens (including phenoxy) is 1. The van der Waals surface area contributed by atoms with E-state index < -0.39 is 18.2 Å². The summed E-state index contributed by atoms with van der Waals surface area (Å²) in [6.07, 6.45) is 66.0. The smallest absolute Gasteiger partial charge is 0.306 e. The van der Waals surface area contributed by atoms with Gasteiger partial charge in [-0.15, -0.1) is 0 Å². The zero-order valence-electron chi connectivity index (χ0n) is 44.1. The Bertz CT molecular complexity index is 1130. The summed E-state index contributed by atoms with van der Waals surface area (Å²) in [5.41, 5.74) is 0. The van der Waals surface area contributed by atoms with Crippen molar-refractivity contribution in [3.63, 3.8) is 0 Å². The van der Waals surface area contributed by atoms with E-state index in [-0.39, 0.29) is 24.9 Å². The van der Waals surface area contributed by atoms with Crippen LogP contribution in [0.2, 0.25) is 0 Å². The zero-order chi connectivity index (χ0) is 48.1. The Morgan fingerprint density at radius 1 is 0.439 bits per heavy atom. The molecule has 0 bridgehead atoms. The Morgan fingerprint density at radius 2 is 0.773 bits per heavy atom. The number of aliphatic hydroxyl groups excluding tert-OH is 2. The van der Waals surface area contributed by atoms with E-state index in [0.29, 0.717) is 19.3 Å². The number of hydrogen-bond acceptors (Lipinski definition) is 5. The molecule has 3 atom stereocenters. The minimum Gasteiger partial charge on any atom is -0.462 e. The van der Waals surface area contributed by atoms with Crippen LogP contribution in [0.5, 0.6) is 0 Å². The molecule has 0 saturated heterocycles. The summed E-state index contributed by atoms with van der Waals surface area (Å²) < 4.78 is 5.96. The van der Waals surface area contributed by atoms with Gasteiger partial charge in [0.25, 0.3) is 0 Å². The van der Waals surface area contributed by atoms with Gasteiger partial charge >= 0.3 is 5.97 Å². The lowest BCUT2D eigenvalue weighted by Crippen LogP contribution is -2.46. The van der Waals surface area contributed by atoms with Gasteiger partial charge in [0.05, 0.1) is 25.2 Å². The molecular weight excluding hydrogens is 815 g/mol. The highest BCUT2D eigenvalue weighted by molar-refractivity contribution is 5.77. The van der Waals surface area contributed by atoms with Crippen molar-refractivity contribution >= 4 is 11.9 Å². The molecule has 0 radical (unpaired) electrons. The highest BCUT2D eigenvalue weighted by Crippen LogP contribution is 2.18. The second-order valence-electron chi connectivity index (χ2n) is 19.7. The molecule has 0 fully saturated rings. The van der Waals surface area contributed by atoms with E-state index in [0.717, 1.165) is 77.0 Å². The maximum Gasteiger partial charge on any atom is 0.306 e. The molecule has 66 heavy (non-hydrogen) atoms. The van der Waals surface area contributed by atoms with Crippen LogP contribution >= 0.6 is 0 Å². The lowest BCUT2D eigenvalue weighted by atomic mass is 10.0. The van der Waals surface area contributed by atoms with Crippen LogP contribution in [0.25, 0.3) is 0 Å².